The fourth-order valence-electron chi connectivity index (χ4n) is 0.822. The molecule has 0 heterocycles. The van der Waals surface area contributed by atoms with Crippen LogP contribution in [0.1, 0.15) is 33.1 Å². The van der Waals surface area contributed by atoms with Gasteiger partial charge >= 0.3 is 0 Å². The average molecular weight is 184 g/mol. The summed E-state index contributed by atoms with van der Waals surface area (Å²) in [6.45, 7) is 4.42. The summed E-state index contributed by atoms with van der Waals surface area (Å²) in [6, 6.07) is 0. The third-order valence-corrected chi connectivity index (χ3v) is 2.71. The number of hydrogen-bond acceptors (Lipinski definition) is 1. The first-order chi connectivity index (χ1) is 5.81. The molecular formula is C11H20S. The Morgan fingerprint density at radius 2 is 1.83 bits per heavy atom. The van der Waals surface area contributed by atoms with Crippen LogP contribution in [0, 0.1) is 0 Å². The molecule has 0 fully saturated rings. The van der Waals surface area contributed by atoms with Crippen LogP contribution in [0.2, 0.25) is 0 Å². The minimum absolute atomic E-state index is 0.761. The smallest absolute Gasteiger partial charge is 0.00504 e. The lowest BCUT2D eigenvalue weighted by atomic mass is 10.2. The molecule has 1 unspecified atom stereocenters. The van der Waals surface area contributed by atoms with Gasteiger partial charge in [0.1, 0.15) is 0 Å². The van der Waals surface area contributed by atoms with E-state index in [1.807, 2.05) is 11.8 Å². The Balaban J connectivity index is 3.31. The lowest BCUT2D eigenvalue weighted by Crippen LogP contribution is -1.90. The van der Waals surface area contributed by atoms with Gasteiger partial charge in [-0.15, -0.1) is 0 Å². The van der Waals surface area contributed by atoms with Gasteiger partial charge in [-0.2, -0.15) is 11.8 Å². The molecule has 0 aromatic carbocycles. The molecule has 0 amide bonds. The van der Waals surface area contributed by atoms with Crippen LogP contribution in [0.4, 0.5) is 0 Å². The highest BCUT2D eigenvalue weighted by Gasteiger charge is 1.92. The molecule has 0 saturated carbocycles. The Morgan fingerprint density at radius 3 is 2.42 bits per heavy atom. The van der Waals surface area contributed by atoms with E-state index >= 15 is 0 Å². The number of thioether (sulfide) groups is 1. The first-order valence-electron chi connectivity index (χ1n) is 4.64. The van der Waals surface area contributed by atoms with Gasteiger partial charge in [-0.05, 0) is 25.5 Å². The molecule has 0 nitrogen and oxygen atoms in total. The minimum atomic E-state index is 0.761. The largest absolute Gasteiger partial charge is 0.162 e. The lowest BCUT2D eigenvalue weighted by molar-refractivity contribution is 0.979. The molecule has 0 radical (unpaired) electrons. The van der Waals surface area contributed by atoms with Crippen LogP contribution in [-0.2, 0) is 0 Å². The molecule has 70 valence electrons. The van der Waals surface area contributed by atoms with Crippen molar-refractivity contribution < 1.29 is 0 Å². The molecule has 0 saturated heterocycles. The zero-order valence-corrected chi connectivity index (χ0v) is 9.23. The molecular weight excluding hydrogens is 164 g/mol. The molecule has 0 aromatic rings. The van der Waals surface area contributed by atoms with E-state index in [1.165, 1.54) is 6.42 Å². The van der Waals surface area contributed by atoms with E-state index in [4.69, 9.17) is 0 Å². The summed E-state index contributed by atoms with van der Waals surface area (Å²) in [5.74, 6) is 0. The van der Waals surface area contributed by atoms with E-state index in [9.17, 15) is 0 Å². The van der Waals surface area contributed by atoms with Gasteiger partial charge in [-0.25, -0.2) is 0 Å². The quantitative estimate of drug-likeness (QED) is 0.561. The fraction of sp³-hybridized carbons (Fsp3) is 0.636. The van der Waals surface area contributed by atoms with Gasteiger partial charge in [0, 0.05) is 5.25 Å². The molecule has 0 aromatic heterocycles. The van der Waals surface area contributed by atoms with Crippen molar-refractivity contribution >= 4 is 11.8 Å². The number of hydrogen-bond donors (Lipinski definition) is 0. The van der Waals surface area contributed by atoms with Crippen molar-refractivity contribution in [3.8, 4) is 0 Å². The Labute approximate surface area is 81.1 Å². The van der Waals surface area contributed by atoms with E-state index in [-0.39, 0.29) is 0 Å². The predicted molar refractivity (Wildman–Crippen MR) is 60.8 cm³/mol. The highest BCUT2D eigenvalue weighted by Crippen LogP contribution is 2.09. The summed E-state index contributed by atoms with van der Waals surface area (Å²) in [5.41, 5.74) is 0. The van der Waals surface area contributed by atoms with Gasteiger partial charge in [-0.3, -0.25) is 0 Å². The normalized spacial score (nSPS) is 14.6. The van der Waals surface area contributed by atoms with Crippen molar-refractivity contribution in [3.63, 3.8) is 0 Å². The highest BCUT2D eigenvalue weighted by atomic mass is 32.2. The first-order valence-corrected chi connectivity index (χ1v) is 5.92. The van der Waals surface area contributed by atoms with Crippen LogP contribution in [0.25, 0.3) is 0 Å². The molecule has 12 heavy (non-hydrogen) atoms. The predicted octanol–water partition coefficient (Wildman–Crippen LogP) is 4.04. The monoisotopic (exact) mass is 184 g/mol. The Morgan fingerprint density at radius 1 is 1.17 bits per heavy atom. The Hall–Kier alpha value is -0.170. The third kappa shape index (κ3) is 7.93. The van der Waals surface area contributed by atoms with Crippen molar-refractivity contribution in [2.75, 3.05) is 6.26 Å². The molecule has 1 atom stereocenters. The van der Waals surface area contributed by atoms with Crippen molar-refractivity contribution in [1.82, 2.24) is 0 Å². The van der Waals surface area contributed by atoms with Crippen molar-refractivity contribution in [2.45, 2.75) is 38.4 Å². The van der Waals surface area contributed by atoms with E-state index in [1.54, 1.807) is 0 Å². The second-order valence-corrected chi connectivity index (χ2v) is 4.14. The van der Waals surface area contributed by atoms with Crippen molar-refractivity contribution in [1.29, 1.82) is 0 Å². The molecule has 0 spiro atoms. The zero-order valence-electron chi connectivity index (χ0n) is 8.42. The minimum Gasteiger partial charge on any atom is -0.162 e. The third-order valence-electron chi connectivity index (χ3n) is 1.71. The summed E-state index contributed by atoms with van der Waals surface area (Å²) < 4.78 is 0. The van der Waals surface area contributed by atoms with Gasteiger partial charge < -0.3 is 0 Å². The van der Waals surface area contributed by atoms with E-state index < -0.39 is 0 Å². The zero-order chi connectivity index (χ0) is 9.23. The summed E-state index contributed by atoms with van der Waals surface area (Å²) in [6.07, 6.45) is 14.6. The lowest BCUT2D eigenvalue weighted by Gasteiger charge is -2.01. The summed E-state index contributed by atoms with van der Waals surface area (Å²) in [4.78, 5) is 0. The van der Waals surface area contributed by atoms with Crippen LogP contribution < -0.4 is 0 Å². The SMILES string of the molecule is CC/C=C\C/C=C\CC(C)SC. The second kappa shape index (κ2) is 8.92. The van der Waals surface area contributed by atoms with Gasteiger partial charge in [-0.1, -0.05) is 38.2 Å². The van der Waals surface area contributed by atoms with Crippen LogP contribution in [0.3, 0.4) is 0 Å². The molecule has 1 heteroatoms. The Bertz CT molecular complexity index is 136. The molecule has 0 aliphatic carbocycles. The van der Waals surface area contributed by atoms with Crippen molar-refractivity contribution in [3.05, 3.63) is 24.3 Å². The number of rotatable bonds is 6. The van der Waals surface area contributed by atoms with Crippen molar-refractivity contribution in [2.24, 2.45) is 0 Å². The molecule has 0 aliphatic rings. The van der Waals surface area contributed by atoms with Crippen LogP contribution in [-0.4, -0.2) is 11.5 Å². The molecule has 0 aliphatic heterocycles. The van der Waals surface area contributed by atoms with Crippen LogP contribution in [0.15, 0.2) is 24.3 Å². The fourth-order valence-corrected chi connectivity index (χ4v) is 1.13. The first kappa shape index (κ1) is 11.8. The summed E-state index contributed by atoms with van der Waals surface area (Å²) >= 11 is 1.92. The van der Waals surface area contributed by atoms with E-state index in [0.717, 1.165) is 18.1 Å². The summed E-state index contributed by atoms with van der Waals surface area (Å²) in [7, 11) is 0. The van der Waals surface area contributed by atoms with Gasteiger partial charge in [0.05, 0.1) is 0 Å². The van der Waals surface area contributed by atoms with Gasteiger partial charge in [0.25, 0.3) is 0 Å². The molecule has 0 rings (SSSR count). The average Bonchev–Trinajstić information content (AvgIpc) is 2.10. The van der Waals surface area contributed by atoms with Crippen LogP contribution in [0.5, 0.6) is 0 Å². The van der Waals surface area contributed by atoms with E-state index in [0.29, 0.717) is 0 Å². The van der Waals surface area contributed by atoms with Gasteiger partial charge in [0.15, 0.2) is 0 Å². The molecule has 0 bridgehead atoms. The topological polar surface area (TPSA) is 0 Å². The molecule has 0 N–H and O–H groups in total. The standard InChI is InChI=1S/C11H20S/c1-4-5-6-7-8-9-10-11(2)12-3/h5-6,8-9,11H,4,7,10H2,1-3H3/b6-5-,9-8-. The van der Waals surface area contributed by atoms with Gasteiger partial charge in [0.2, 0.25) is 0 Å². The van der Waals surface area contributed by atoms with E-state index in [2.05, 4.69) is 44.4 Å². The maximum Gasteiger partial charge on any atom is 0.00504 e. The maximum absolute atomic E-state index is 2.28. The number of allylic oxidation sites excluding steroid dienone is 4. The second-order valence-electron chi connectivity index (χ2n) is 2.87. The Kier molecular flexibility index (Phi) is 8.80. The summed E-state index contributed by atoms with van der Waals surface area (Å²) in [5, 5.41) is 0.761. The highest BCUT2D eigenvalue weighted by molar-refractivity contribution is 7.99. The van der Waals surface area contributed by atoms with Crippen LogP contribution >= 0.6 is 11.8 Å². The maximum atomic E-state index is 2.28.